The first-order chi connectivity index (χ1) is 14.0. The van der Waals surface area contributed by atoms with E-state index in [1.807, 2.05) is 19.1 Å². The topological polar surface area (TPSA) is 74.8 Å². The van der Waals surface area contributed by atoms with Gasteiger partial charge >= 0.3 is 0 Å². The van der Waals surface area contributed by atoms with E-state index in [0.29, 0.717) is 23.6 Å². The number of nitrogens with one attached hydrogen (secondary N) is 2. The van der Waals surface area contributed by atoms with Gasteiger partial charge in [0, 0.05) is 23.0 Å². The highest BCUT2D eigenvalue weighted by Crippen LogP contribution is 2.44. The van der Waals surface area contributed by atoms with Crippen molar-refractivity contribution in [1.29, 1.82) is 0 Å². The van der Waals surface area contributed by atoms with Crippen molar-refractivity contribution in [2.45, 2.75) is 38.0 Å². The molecule has 29 heavy (non-hydrogen) atoms. The van der Waals surface area contributed by atoms with Crippen LogP contribution in [0.1, 0.15) is 37.4 Å². The Balaban J connectivity index is 1.61. The molecule has 0 spiro atoms. The lowest BCUT2D eigenvalue weighted by atomic mass is 9.64. The third-order valence-corrected chi connectivity index (χ3v) is 5.59. The minimum atomic E-state index is -0.627. The minimum absolute atomic E-state index is 0.101. The van der Waals surface area contributed by atoms with E-state index in [1.54, 1.807) is 24.3 Å². The second kappa shape index (κ2) is 7.62. The van der Waals surface area contributed by atoms with Gasteiger partial charge in [-0.15, -0.1) is 0 Å². The molecule has 1 fully saturated rings. The van der Waals surface area contributed by atoms with Gasteiger partial charge in [0.15, 0.2) is 0 Å². The first-order valence-electron chi connectivity index (χ1n) is 9.78. The summed E-state index contributed by atoms with van der Waals surface area (Å²) in [5.74, 6) is 0.0609. The normalized spacial score (nSPS) is 14.8. The maximum atomic E-state index is 13.3. The summed E-state index contributed by atoms with van der Waals surface area (Å²) >= 11 is 0. The van der Waals surface area contributed by atoms with Crippen LogP contribution in [-0.2, 0) is 16.6 Å². The van der Waals surface area contributed by atoms with Gasteiger partial charge in [0.2, 0.25) is 5.91 Å². The highest BCUT2D eigenvalue weighted by Gasteiger charge is 2.45. The van der Waals surface area contributed by atoms with Crippen LogP contribution in [0.25, 0.3) is 11.4 Å². The molecule has 0 unspecified atom stereocenters. The van der Waals surface area contributed by atoms with E-state index in [1.165, 1.54) is 18.2 Å². The summed E-state index contributed by atoms with van der Waals surface area (Å²) in [4.78, 5) is 32.2. The molecule has 0 saturated heterocycles. The van der Waals surface area contributed by atoms with E-state index < -0.39 is 5.41 Å². The Hall–Kier alpha value is -3.28. The van der Waals surface area contributed by atoms with Crippen LogP contribution in [-0.4, -0.2) is 15.9 Å². The Labute approximate surface area is 168 Å². The predicted octanol–water partition coefficient (Wildman–Crippen LogP) is 4.20. The number of halogens is 1. The van der Waals surface area contributed by atoms with Gasteiger partial charge in [0.1, 0.15) is 11.6 Å². The van der Waals surface area contributed by atoms with Gasteiger partial charge in [-0.05, 0) is 49.1 Å². The fourth-order valence-corrected chi connectivity index (χ4v) is 3.77. The molecule has 6 heteroatoms. The Kier molecular flexibility index (Phi) is 5.01. The third-order valence-electron chi connectivity index (χ3n) is 5.59. The molecule has 5 nitrogen and oxygen atoms in total. The zero-order chi connectivity index (χ0) is 20.4. The predicted molar refractivity (Wildman–Crippen MR) is 110 cm³/mol. The van der Waals surface area contributed by atoms with Gasteiger partial charge in [0.25, 0.3) is 5.56 Å². The molecule has 4 rings (SSSR count). The molecule has 1 amide bonds. The minimum Gasteiger partial charge on any atom is -0.325 e. The fourth-order valence-electron chi connectivity index (χ4n) is 3.77. The van der Waals surface area contributed by atoms with Gasteiger partial charge in [0.05, 0.1) is 5.41 Å². The van der Waals surface area contributed by atoms with Crippen LogP contribution in [0.15, 0.2) is 59.4 Å². The van der Waals surface area contributed by atoms with E-state index in [0.717, 1.165) is 30.4 Å². The van der Waals surface area contributed by atoms with E-state index in [2.05, 4.69) is 15.3 Å². The van der Waals surface area contributed by atoms with Crippen molar-refractivity contribution in [3.8, 4) is 11.4 Å². The number of amides is 1. The van der Waals surface area contributed by atoms with Gasteiger partial charge < -0.3 is 10.3 Å². The highest BCUT2D eigenvalue weighted by molar-refractivity contribution is 6.00. The molecular formula is C23H22FN3O2. The number of anilines is 1. The van der Waals surface area contributed by atoms with Crippen molar-refractivity contribution in [3.63, 3.8) is 0 Å². The number of benzene rings is 2. The molecule has 148 valence electrons. The Morgan fingerprint density at radius 3 is 2.59 bits per heavy atom. The van der Waals surface area contributed by atoms with Crippen LogP contribution in [0.3, 0.4) is 0 Å². The van der Waals surface area contributed by atoms with Crippen LogP contribution < -0.4 is 10.9 Å². The fraction of sp³-hybridized carbons (Fsp3) is 0.261. The van der Waals surface area contributed by atoms with Crippen LogP contribution in [0.4, 0.5) is 10.1 Å². The number of aromatic nitrogens is 2. The largest absolute Gasteiger partial charge is 0.325 e. The van der Waals surface area contributed by atoms with Gasteiger partial charge in [-0.25, -0.2) is 9.37 Å². The van der Waals surface area contributed by atoms with E-state index in [4.69, 9.17) is 0 Å². The summed E-state index contributed by atoms with van der Waals surface area (Å²) in [6.45, 7) is 1.94. The van der Waals surface area contributed by atoms with Gasteiger partial charge in [-0.1, -0.05) is 37.6 Å². The van der Waals surface area contributed by atoms with Crippen molar-refractivity contribution in [2.75, 3.05) is 5.32 Å². The Morgan fingerprint density at radius 2 is 1.93 bits per heavy atom. The molecule has 3 aromatic rings. The van der Waals surface area contributed by atoms with E-state index in [-0.39, 0.29) is 17.3 Å². The third kappa shape index (κ3) is 3.70. The molecule has 0 aliphatic heterocycles. The summed E-state index contributed by atoms with van der Waals surface area (Å²) in [5, 5.41) is 3.00. The molecular weight excluding hydrogens is 369 g/mol. The van der Waals surface area contributed by atoms with Crippen molar-refractivity contribution < 1.29 is 9.18 Å². The summed E-state index contributed by atoms with van der Waals surface area (Å²) in [7, 11) is 0. The summed E-state index contributed by atoms with van der Waals surface area (Å²) in [6, 6.07) is 14.9. The van der Waals surface area contributed by atoms with E-state index in [9.17, 15) is 14.0 Å². The molecule has 1 aliphatic rings. The summed E-state index contributed by atoms with van der Waals surface area (Å²) < 4.78 is 13.3. The zero-order valence-electron chi connectivity index (χ0n) is 16.2. The lowest BCUT2D eigenvalue weighted by Crippen LogP contribution is -2.46. The average molecular weight is 391 g/mol. The van der Waals surface area contributed by atoms with Crippen LogP contribution >= 0.6 is 0 Å². The number of carbonyl (C=O) groups excluding carboxylic acids is 1. The smallest absolute Gasteiger partial charge is 0.251 e. The van der Waals surface area contributed by atoms with Crippen molar-refractivity contribution in [3.05, 3.63) is 82.0 Å². The maximum Gasteiger partial charge on any atom is 0.251 e. The molecule has 1 saturated carbocycles. The van der Waals surface area contributed by atoms with Crippen molar-refractivity contribution in [2.24, 2.45) is 0 Å². The number of aromatic amines is 1. The molecule has 0 atom stereocenters. The lowest BCUT2D eigenvalue weighted by molar-refractivity contribution is -0.124. The summed E-state index contributed by atoms with van der Waals surface area (Å²) in [6.07, 6.45) is 3.09. The molecule has 1 heterocycles. The average Bonchev–Trinajstić information content (AvgIpc) is 2.68. The first kappa shape index (κ1) is 19.1. The summed E-state index contributed by atoms with van der Waals surface area (Å²) in [5.41, 5.74) is 2.07. The van der Waals surface area contributed by atoms with E-state index >= 15 is 0 Å². The number of rotatable bonds is 5. The number of aryl methyl sites for hydroxylation is 1. The Bertz CT molecular complexity index is 1100. The zero-order valence-corrected chi connectivity index (χ0v) is 16.2. The highest BCUT2D eigenvalue weighted by atomic mass is 19.1. The number of hydrogen-bond acceptors (Lipinski definition) is 3. The molecule has 1 aromatic heterocycles. The molecule has 0 radical (unpaired) electrons. The van der Waals surface area contributed by atoms with Crippen LogP contribution in [0.2, 0.25) is 0 Å². The second-order valence-corrected chi connectivity index (χ2v) is 7.42. The van der Waals surface area contributed by atoms with Crippen molar-refractivity contribution in [1.82, 2.24) is 9.97 Å². The Morgan fingerprint density at radius 1 is 1.17 bits per heavy atom. The number of nitrogens with zero attached hydrogens (tertiary/aromatic N) is 1. The second-order valence-electron chi connectivity index (χ2n) is 7.42. The molecule has 1 aliphatic carbocycles. The number of hydrogen-bond donors (Lipinski definition) is 2. The van der Waals surface area contributed by atoms with Gasteiger partial charge in [-0.2, -0.15) is 0 Å². The number of H-pyrrole nitrogens is 1. The van der Waals surface area contributed by atoms with Crippen LogP contribution in [0.5, 0.6) is 0 Å². The quantitative estimate of drug-likeness (QED) is 0.685. The standard InChI is InChI=1S/C23H22FN3O2/c1-2-18-14-20(28)27-21(25-18)15-5-3-6-19(13-15)26-22(29)23(11-4-12-23)16-7-9-17(24)10-8-16/h3,5-10,13-14H,2,4,11-12H2,1H3,(H,26,29)(H,25,27,28). The molecule has 2 N–H and O–H groups in total. The molecule has 0 bridgehead atoms. The van der Waals surface area contributed by atoms with Crippen molar-refractivity contribution >= 4 is 11.6 Å². The molecule has 2 aromatic carbocycles. The first-order valence-corrected chi connectivity index (χ1v) is 9.78. The maximum absolute atomic E-state index is 13.3. The SMILES string of the molecule is CCc1cc(=O)[nH]c(-c2cccc(NC(=O)C3(c4ccc(F)cc4)CCC3)c2)n1. The number of carbonyl (C=O) groups is 1. The van der Waals surface area contributed by atoms with Crippen LogP contribution in [0, 0.1) is 5.82 Å². The monoisotopic (exact) mass is 391 g/mol. The lowest BCUT2D eigenvalue weighted by Gasteiger charge is -2.40. The van der Waals surface area contributed by atoms with Gasteiger partial charge in [-0.3, -0.25) is 9.59 Å².